The largest absolute Gasteiger partial charge is 0.353 e. The minimum absolute atomic E-state index is 0.367. The summed E-state index contributed by atoms with van der Waals surface area (Å²) in [5.41, 5.74) is 2.16. The van der Waals surface area contributed by atoms with Gasteiger partial charge in [-0.3, -0.25) is 9.10 Å². The number of thioether (sulfide) groups is 1. The molecule has 1 amide bonds. The third-order valence-corrected chi connectivity index (χ3v) is 7.10. The second kappa shape index (κ2) is 10.6. The maximum atomic E-state index is 12.6. The Morgan fingerprint density at radius 3 is 2.55 bits per heavy atom. The van der Waals surface area contributed by atoms with Gasteiger partial charge in [0.05, 0.1) is 11.9 Å². The number of anilines is 1. The van der Waals surface area contributed by atoms with E-state index in [4.69, 9.17) is 23.2 Å². The Balaban J connectivity index is 1.97. The van der Waals surface area contributed by atoms with Crippen LogP contribution in [0.1, 0.15) is 18.1 Å². The molecular weight excluding hydrogens is 451 g/mol. The lowest BCUT2D eigenvalue weighted by atomic mass is 10.2. The van der Waals surface area contributed by atoms with E-state index in [-0.39, 0.29) is 5.91 Å². The Hall–Kier alpha value is -1.41. The summed E-state index contributed by atoms with van der Waals surface area (Å²) in [5, 5.41) is 3.93. The average Bonchev–Trinajstić information content (AvgIpc) is 2.64. The van der Waals surface area contributed by atoms with E-state index in [0.29, 0.717) is 23.0 Å². The first-order chi connectivity index (χ1) is 13.6. The van der Waals surface area contributed by atoms with Crippen molar-refractivity contribution in [1.82, 2.24) is 5.32 Å². The predicted molar refractivity (Wildman–Crippen MR) is 124 cm³/mol. The van der Waals surface area contributed by atoms with Crippen LogP contribution in [0.4, 0.5) is 5.69 Å². The Morgan fingerprint density at radius 2 is 1.90 bits per heavy atom. The van der Waals surface area contributed by atoms with E-state index in [1.54, 1.807) is 43.8 Å². The number of carbonyl (C=O) groups excluding carboxylic acids is 1. The van der Waals surface area contributed by atoms with Gasteiger partial charge in [-0.1, -0.05) is 47.5 Å². The van der Waals surface area contributed by atoms with Crippen molar-refractivity contribution >= 4 is 56.6 Å². The molecule has 0 bridgehead atoms. The summed E-state index contributed by atoms with van der Waals surface area (Å²) >= 11 is 13.8. The zero-order chi connectivity index (χ0) is 21.6. The van der Waals surface area contributed by atoms with Gasteiger partial charge in [0.1, 0.15) is 6.04 Å². The fourth-order valence-electron chi connectivity index (χ4n) is 2.79. The molecule has 5 nitrogen and oxygen atoms in total. The molecule has 0 radical (unpaired) electrons. The van der Waals surface area contributed by atoms with Crippen LogP contribution < -0.4 is 9.62 Å². The number of amides is 1. The molecule has 0 fully saturated rings. The highest BCUT2D eigenvalue weighted by atomic mass is 35.5. The number of nitrogens with one attached hydrogen (secondary N) is 1. The Bertz CT molecular complexity index is 968. The van der Waals surface area contributed by atoms with Crippen molar-refractivity contribution in [3.05, 3.63) is 63.6 Å². The number of benzene rings is 2. The van der Waals surface area contributed by atoms with Crippen LogP contribution in [0.15, 0.2) is 42.5 Å². The van der Waals surface area contributed by atoms with Crippen molar-refractivity contribution < 1.29 is 13.2 Å². The average molecular weight is 475 g/mol. The van der Waals surface area contributed by atoms with E-state index < -0.39 is 16.1 Å². The zero-order valence-corrected chi connectivity index (χ0v) is 19.6. The summed E-state index contributed by atoms with van der Waals surface area (Å²) < 4.78 is 25.9. The maximum Gasteiger partial charge on any atom is 0.243 e. The SMILES string of the molecule is Cc1ccc(Cl)cc1N([C@H](C)C(=O)NCCSCc1ccccc1Cl)S(C)(=O)=O. The molecule has 158 valence electrons. The van der Waals surface area contributed by atoms with E-state index in [0.717, 1.165) is 32.5 Å². The number of aryl methyl sites for hydroxylation is 1. The molecule has 0 aliphatic carbocycles. The van der Waals surface area contributed by atoms with Crippen molar-refractivity contribution in [2.75, 3.05) is 22.9 Å². The lowest BCUT2D eigenvalue weighted by Crippen LogP contribution is -2.48. The van der Waals surface area contributed by atoms with E-state index in [1.165, 1.54) is 0 Å². The molecule has 0 spiro atoms. The van der Waals surface area contributed by atoms with E-state index >= 15 is 0 Å². The molecule has 0 heterocycles. The highest BCUT2D eigenvalue weighted by Gasteiger charge is 2.30. The second-order valence-corrected chi connectivity index (χ2v) is 10.4. The molecule has 2 rings (SSSR count). The van der Waals surface area contributed by atoms with Gasteiger partial charge < -0.3 is 5.32 Å². The molecule has 29 heavy (non-hydrogen) atoms. The van der Waals surface area contributed by atoms with Crippen LogP contribution in [0.2, 0.25) is 10.0 Å². The standard InChI is InChI=1S/C20H24Cl2N2O3S2/c1-14-8-9-17(21)12-19(14)24(29(3,26)27)15(2)20(25)23-10-11-28-13-16-6-4-5-7-18(16)22/h4-9,12,15H,10-11,13H2,1-3H3,(H,23,25)/t15-/m1/s1. The molecule has 0 saturated carbocycles. The molecule has 9 heteroatoms. The number of halogens is 2. The van der Waals surface area contributed by atoms with E-state index in [1.807, 2.05) is 24.3 Å². The molecule has 0 unspecified atom stereocenters. The van der Waals surface area contributed by atoms with Gasteiger partial charge in [0, 0.05) is 28.1 Å². The Morgan fingerprint density at radius 1 is 1.21 bits per heavy atom. The minimum atomic E-state index is -3.68. The highest BCUT2D eigenvalue weighted by Crippen LogP contribution is 2.28. The number of rotatable bonds is 9. The van der Waals surface area contributed by atoms with Crippen LogP contribution in [0.3, 0.4) is 0 Å². The number of carbonyl (C=O) groups is 1. The Kier molecular flexibility index (Phi) is 8.70. The molecule has 0 saturated heterocycles. The molecular formula is C20H24Cl2N2O3S2. The maximum absolute atomic E-state index is 12.6. The fraction of sp³-hybridized carbons (Fsp3) is 0.350. The first-order valence-corrected chi connectivity index (χ1v) is 12.7. The zero-order valence-electron chi connectivity index (χ0n) is 16.5. The van der Waals surface area contributed by atoms with Crippen LogP contribution >= 0.6 is 35.0 Å². The highest BCUT2D eigenvalue weighted by molar-refractivity contribution is 7.98. The van der Waals surface area contributed by atoms with Crippen molar-refractivity contribution in [2.24, 2.45) is 0 Å². The van der Waals surface area contributed by atoms with E-state index in [9.17, 15) is 13.2 Å². The number of hydrogen-bond acceptors (Lipinski definition) is 4. The summed E-state index contributed by atoms with van der Waals surface area (Å²) in [6, 6.07) is 11.7. The summed E-state index contributed by atoms with van der Waals surface area (Å²) in [4.78, 5) is 12.6. The quantitative estimate of drug-likeness (QED) is 0.543. The van der Waals surface area contributed by atoms with Gasteiger partial charge in [-0.25, -0.2) is 8.42 Å². The number of hydrogen-bond donors (Lipinski definition) is 1. The van der Waals surface area contributed by atoms with Crippen LogP contribution in [0, 0.1) is 6.92 Å². The van der Waals surface area contributed by atoms with Crippen LogP contribution in [-0.2, 0) is 20.6 Å². The lowest BCUT2D eigenvalue weighted by Gasteiger charge is -2.29. The van der Waals surface area contributed by atoms with Crippen LogP contribution in [0.25, 0.3) is 0 Å². The smallest absolute Gasteiger partial charge is 0.243 e. The van der Waals surface area contributed by atoms with Gasteiger partial charge in [0.15, 0.2) is 0 Å². The van der Waals surface area contributed by atoms with Crippen molar-refractivity contribution in [1.29, 1.82) is 0 Å². The number of sulfonamides is 1. The van der Waals surface area contributed by atoms with Gasteiger partial charge in [-0.05, 0) is 43.2 Å². The third kappa shape index (κ3) is 6.81. The topological polar surface area (TPSA) is 66.5 Å². The molecule has 0 aromatic heterocycles. The summed E-state index contributed by atoms with van der Waals surface area (Å²) in [6.07, 6.45) is 1.08. The minimum Gasteiger partial charge on any atom is -0.353 e. The van der Waals surface area contributed by atoms with Gasteiger partial charge >= 0.3 is 0 Å². The summed E-state index contributed by atoms with van der Waals surface area (Å²) in [5.74, 6) is 1.05. The fourth-order valence-corrected chi connectivity index (χ4v) is 5.33. The molecule has 2 aromatic carbocycles. The summed E-state index contributed by atoms with van der Waals surface area (Å²) in [7, 11) is -3.68. The Labute approximate surface area is 186 Å². The molecule has 1 N–H and O–H groups in total. The molecule has 2 aromatic rings. The first-order valence-electron chi connectivity index (χ1n) is 8.95. The first kappa shape index (κ1) is 23.9. The normalized spacial score (nSPS) is 12.4. The third-order valence-electron chi connectivity index (χ3n) is 4.26. The predicted octanol–water partition coefficient (Wildman–Crippen LogP) is 4.51. The monoisotopic (exact) mass is 474 g/mol. The van der Waals surface area contributed by atoms with Crippen LogP contribution in [0.5, 0.6) is 0 Å². The molecule has 0 aliphatic heterocycles. The van der Waals surface area contributed by atoms with Crippen molar-refractivity contribution in [3.63, 3.8) is 0 Å². The van der Waals surface area contributed by atoms with Gasteiger partial charge in [0.2, 0.25) is 15.9 Å². The second-order valence-electron chi connectivity index (χ2n) is 6.60. The van der Waals surface area contributed by atoms with Gasteiger partial charge in [0.25, 0.3) is 0 Å². The molecule has 1 atom stereocenters. The van der Waals surface area contributed by atoms with Gasteiger partial charge in [-0.2, -0.15) is 11.8 Å². The molecule has 0 aliphatic rings. The van der Waals surface area contributed by atoms with Gasteiger partial charge in [-0.15, -0.1) is 0 Å². The van der Waals surface area contributed by atoms with Crippen LogP contribution in [-0.4, -0.2) is 38.9 Å². The van der Waals surface area contributed by atoms with Crippen molar-refractivity contribution in [2.45, 2.75) is 25.6 Å². The lowest BCUT2D eigenvalue weighted by molar-refractivity contribution is -0.121. The number of nitrogens with zero attached hydrogens (tertiary/aromatic N) is 1. The van der Waals surface area contributed by atoms with E-state index in [2.05, 4.69) is 5.32 Å². The summed E-state index contributed by atoms with van der Waals surface area (Å²) in [6.45, 7) is 3.76. The van der Waals surface area contributed by atoms with Crippen molar-refractivity contribution in [3.8, 4) is 0 Å².